The third-order valence-corrected chi connectivity index (χ3v) is 3.89. The van der Waals surface area contributed by atoms with Gasteiger partial charge in [0.15, 0.2) is 0 Å². The van der Waals surface area contributed by atoms with Crippen LogP contribution in [0.2, 0.25) is 5.02 Å². The van der Waals surface area contributed by atoms with Crippen molar-refractivity contribution < 1.29 is 9.13 Å². The van der Waals surface area contributed by atoms with E-state index in [2.05, 4.69) is 11.8 Å². The molecule has 1 fully saturated rings. The van der Waals surface area contributed by atoms with Crippen molar-refractivity contribution in [2.45, 2.75) is 31.9 Å². The smallest absolute Gasteiger partial charge is 0.126 e. The van der Waals surface area contributed by atoms with Gasteiger partial charge >= 0.3 is 0 Å². The van der Waals surface area contributed by atoms with Gasteiger partial charge in [0.25, 0.3) is 0 Å². The summed E-state index contributed by atoms with van der Waals surface area (Å²) in [6, 6.07) is 4.35. The highest BCUT2D eigenvalue weighted by Gasteiger charge is 2.26. The van der Waals surface area contributed by atoms with E-state index in [1.807, 2.05) is 0 Å². The molecule has 112 valence electrons. The summed E-state index contributed by atoms with van der Waals surface area (Å²) < 4.78 is 19.5. The molecule has 0 spiro atoms. The molecular weight excluding hydrogens is 279 g/mol. The highest BCUT2D eigenvalue weighted by Crippen LogP contribution is 2.18. The van der Waals surface area contributed by atoms with Crippen molar-refractivity contribution in [2.24, 2.45) is 5.73 Å². The van der Waals surface area contributed by atoms with Gasteiger partial charge in [-0.3, -0.25) is 4.90 Å². The molecule has 1 aromatic carbocycles. The normalized spacial score (nSPS) is 21.9. The molecule has 1 aliphatic heterocycles. The largest absolute Gasteiger partial charge is 0.374 e. The number of hydrogen-bond donors (Lipinski definition) is 1. The topological polar surface area (TPSA) is 38.5 Å². The Balaban J connectivity index is 1.96. The van der Waals surface area contributed by atoms with E-state index < -0.39 is 0 Å². The first-order valence-corrected chi connectivity index (χ1v) is 7.51. The van der Waals surface area contributed by atoms with Crippen LogP contribution >= 0.6 is 11.6 Å². The highest BCUT2D eigenvalue weighted by atomic mass is 35.5. The number of halogens is 2. The summed E-state index contributed by atoms with van der Waals surface area (Å²) in [6.45, 7) is 5.67. The number of ether oxygens (including phenoxy) is 1. The van der Waals surface area contributed by atoms with Crippen molar-refractivity contribution in [3.8, 4) is 0 Å². The van der Waals surface area contributed by atoms with Crippen LogP contribution in [0.4, 0.5) is 4.39 Å². The number of benzene rings is 1. The Labute approximate surface area is 124 Å². The van der Waals surface area contributed by atoms with Crippen LogP contribution in [0.25, 0.3) is 0 Å². The van der Waals surface area contributed by atoms with Gasteiger partial charge in [-0.2, -0.15) is 0 Å². The molecule has 0 saturated carbocycles. The Bertz CT molecular complexity index is 442. The molecule has 2 atom stereocenters. The van der Waals surface area contributed by atoms with Crippen LogP contribution in [0.5, 0.6) is 0 Å². The van der Waals surface area contributed by atoms with Crippen LogP contribution < -0.4 is 5.73 Å². The minimum Gasteiger partial charge on any atom is -0.374 e. The summed E-state index contributed by atoms with van der Waals surface area (Å²) in [5, 5.41) is 0.533. The Kier molecular flexibility index (Phi) is 5.78. The molecule has 2 N–H and O–H groups in total. The van der Waals surface area contributed by atoms with E-state index >= 15 is 0 Å². The van der Waals surface area contributed by atoms with Crippen LogP contribution in [0.3, 0.4) is 0 Å². The maximum Gasteiger partial charge on any atom is 0.126 e. The van der Waals surface area contributed by atoms with Gasteiger partial charge in [-0.05, 0) is 43.1 Å². The number of nitrogens with zero attached hydrogens (tertiary/aromatic N) is 1. The average molecular weight is 301 g/mol. The van der Waals surface area contributed by atoms with Crippen molar-refractivity contribution in [1.82, 2.24) is 4.90 Å². The molecule has 0 amide bonds. The molecule has 2 unspecified atom stereocenters. The second-order valence-corrected chi connectivity index (χ2v) is 5.75. The van der Waals surface area contributed by atoms with E-state index in [4.69, 9.17) is 22.1 Å². The van der Waals surface area contributed by atoms with Gasteiger partial charge in [-0.25, -0.2) is 4.39 Å². The first kappa shape index (κ1) is 15.7. The van der Waals surface area contributed by atoms with Crippen molar-refractivity contribution in [3.63, 3.8) is 0 Å². The standard InChI is InChI=1S/C15H22ClFN2O/c1-2-5-19-6-7-20-15(10-19)14(18)9-11-8-12(16)3-4-13(11)17/h3-4,8,14-15H,2,5-7,9-10,18H2,1H3. The van der Waals surface area contributed by atoms with Crippen LogP contribution in [0.1, 0.15) is 18.9 Å². The van der Waals surface area contributed by atoms with E-state index in [9.17, 15) is 4.39 Å². The summed E-state index contributed by atoms with van der Waals surface area (Å²) in [5.41, 5.74) is 6.75. The molecule has 2 rings (SSSR count). The Morgan fingerprint density at radius 2 is 2.35 bits per heavy atom. The molecule has 1 saturated heterocycles. The van der Waals surface area contributed by atoms with Gasteiger partial charge in [0.1, 0.15) is 5.82 Å². The molecule has 1 aromatic rings. The van der Waals surface area contributed by atoms with Crippen LogP contribution in [-0.2, 0) is 11.2 Å². The molecule has 3 nitrogen and oxygen atoms in total. The van der Waals surface area contributed by atoms with E-state index in [1.54, 1.807) is 12.1 Å². The molecule has 1 aliphatic rings. The fourth-order valence-electron chi connectivity index (χ4n) is 2.60. The zero-order valence-corrected chi connectivity index (χ0v) is 12.6. The van der Waals surface area contributed by atoms with E-state index in [1.165, 1.54) is 6.07 Å². The van der Waals surface area contributed by atoms with Crippen molar-refractivity contribution in [3.05, 3.63) is 34.6 Å². The Morgan fingerprint density at radius 3 is 3.10 bits per heavy atom. The average Bonchev–Trinajstić information content (AvgIpc) is 2.43. The van der Waals surface area contributed by atoms with E-state index in [-0.39, 0.29) is 18.0 Å². The summed E-state index contributed by atoms with van der Waals surface area (Å²) in [4.78, 5) is 2.35. The minimum absolute atomic E-state index is 0.0475. The van der Waals surface area contributed by atoms with Gasteiger partial charge in [0.2, 0.25) is 0 Å². The van der Waals surface area contributed by atoms with Gasteiger partial charge < -0.3 is 10.5 Å². The maximum atomic E-state index is 13.7. The first-order valence-electron chi connectivity index (χ1n) is 7.13. The zero-order chi connectivity index (χ0) is 14.5. The summed E-state index contributed by atoms with van der Waals surface area (Å²) in [7, 11) is 0. The molecule has 0 bridgehead atoms. The van der Waals surface area contributed by atoms with Gasteiger partial charge in [0, 0.05) is 24.2 Å². The second-order valence-electron chi connectivity index (χ2n) is 5.31. The highest BCUT2D eigenvalue weighted by molar-refractivity contribution is 6.30. The molecule has 0 radical (unpaired) electrons. The molecular formula is C15H22ClFN2O. The van der Waals surface area contributed by atoms with E-state index in [0.29, 0.717) is 23.6 Å². The van der Waals surface area contributed by atoms with Crippen molar-refractivity contribution >= 4 is 11.6 Å². The summed E-state index contributed by atoms with van der Waals surface area (Å²) in [5.74, 6) is -0.258. The van der Waals surface area contributed by atoms with Crippen LogP contribution in [-0.4, -0.2) is 43.3 Å². The maximum absolute atomic E-state index is 13.7. The molecule has 20 heavy (non-hydrogen) atoms. The predicted octanol–water partition coefficient (Wildman–Crippen LogP) is 2.46. The second kappa shape index (κ2) is 7.36. The van der Waals surface area contributed by atoms with Gasteiger partial charge in [0.05, 0.1) is 12.7 Å². The molecule has 1 heterocycles. The number of morpholine rings is 1. The molecule has 5 heteroatoms. The zero-order valence-electron chi connectivity index (χ0n) is 11.8. The van der Waals surface area contributed by atoms with Crippen LogP contribution in [0.15, 0.2) is 18.2 Å². The van der Waals surface area contributed by atoms with Crippen molar-refractivity contribution in [2.75, 3.05) is 26.2 Å². The summed E-state index contributed by atoms with van der Waals surface area (Å²) >= 11 is 5.90. The lowest BCUT2D eigenvalue weighted by molar-refractivity contribution is -0.0401. The summed E-state index contributed by atoms with van der Waals surface area (Å²) in [6.07, 6.45) is 1.51. The number of hydrogen-bond acceptors (Lipinski definition) is 3. The third-order valence-electron chi connectivity index (χ3n) is 3.66. The quantitative estimate of drug-likeness (QED) is 0.908. The lowest BCUT2D eigenvalue weighted by Crippen LogP contribution is -2.51. The van der Waals surface area contributed by atoms with Gasteiger partial charge in [-0.15, -0.1) is 0 Å². The van der Waals surface area contributed by atoms with Crippen LogP contribution in [0, 0.1) is 5.82 Å². The number of nitrogens with two attached hydrogens (primary N) is 1. The lowest BCUT2D eigenvalue weighted by Gasteiger charge is -2.35. The first-order chi connectivity index (χ1) is 9.60. The molecule has 0 aliphatic carbocycles. The number of rotatable bonds is 5. The fraction of sp³-hybridized carbons (Fsp3) is 0.600. The Morgan fingerprint density at radius 1 is 1.55 bits per heavy atom. The third kappa shape index (κ3) is 4.16. The fourth-order valence-corrected chi connectivity index (χ4v) is 2.79. The SMILES string of the molecule is CCCN1CCOC(C(N)Cc2cc(Cl)ccc2F)C1. The Hall–Kier alpha value is -0.680. The van der Waals surface area contributed by atoms with Gasteiger partial charge in [-0.1, -0.05) is 18.5 Å². The minimum atomic E-state index is -0.258. The predicted molar refractivity (Wildman–Crippen MR) is 79.6 cm³/mol. The van der Waals surface area contributed by atoms with Crippen molar-refractivity contribution in [1.29, 1.82) is 0 Å². The molecule has 0 aromatic heterocycles. The monoisotopic (exact) mass is 300 g/mol. The lowest BCUT2D eigenvalue weighted by atomic mass is 10.0. The van der Waals surface area contributed by atoms with E-state index in [0.717, 1.165) is 26.1 Å².